The lowest BCUT2D eigenvalue weighted by atomic mass is 10.1. The molecule has 5 heteroatoms. The summed E-state index contributed by atoms with van der Waals surface area (Å²) in [5.41, 5.74) is 7.44. The number of nitrogens with two attached hydrogens (primary N) is 1. The molecule has 1 heterocycles. The smallest absolute Gasteiger partial charge is 0.251 e. The van der Waals surface area contributed by atoms with E-state index in [4.69, 9.17) is 10.5 Å². The molecular weight excluding hydrogens is 256 g/mol. The molecule has 0 unspecified atom stereocenters. The number of carbonyl (C=O) groups is 2. The number of nitrogens with zero attached hydrogens (tertiary/aromatic N) is 1. The highest BCUT2D eigenvalue weighted by atomic mass is 16.5. The van der Waals surface area contributed by atoms with Crippen molar-refractivity contribution in [1.29, 1.82) is 0 Å². The lowest BCUT2D eigenvalue weighted by Gasteiger charge is -2.21. The Morgan fingerprint density at radius 2 is 1.85 bits per heavy atom. The maximum atomic E-state index is 12.2. The summed E-state index contributed by atoms with van der Waals surface area (Å²) in [5.74, 6) is -0.601. The quantitative estimate of drug-likeness (QED) is 0.891. The highest BCUT2D eigenvalue weighted by Crippen LogP contribution is 2.21. The molecule has 2 N–H and O–H groups in total. The zero-order chi connectivity index (χ0) is 14.7. The largest absolute Gasteiger partial charge is 0.367 e. The van der Waals surface area contributed by atoms with Gasteiger partial charge >= 0.3 is 0 Å². The second-order valence-electron chi connectivity index (χ2n) is 5.27. The molecule has 0 aromatic heterocycles. The predicted octanol–water partition coefficient (Wildman–Crippen LogP) is 0.986. The van der Waals surface area contributed by atoms with Crippen LogP contribution in [0.5, 0.6) is 0 Å². The molecule has 5 nitrogen and oxygen atoms in total. The van der Waals surface area contributed by atoms with Crippen LogP contribution in [0.3, 0.4) is 0 Å². The third-order valence-corrected chi connectivity index (χ3v) is 3.53. The van der Waals surface area contributed by atoms with Gasteiger partial charge in [0.25, 0.3) is 5.91 Å². The average molecular weight is 276 g/mol. The SMILES string of the molecule is Cc1ccc(CN(C)C(=O)[C@@H]2CC[C@H](C(N)=O)O2)cc1. The van der Waals surface area contributed by atoms with Crippen molar-refractivity contribution in [3.8, 4) is 0 Å². The molecule has 1 aromatic rings. The van der Waals surface area contributed by atoms with Crippen LogP contribution in [0.4, 0.5) is 0 Å². The maximum Gasteiger partial charge on any atom is 0.251 e. The number of carbonyl (C=O) groups excluding carboxylic acids is 2. The van der Waals surface area contributed by atoms with Crippen LogP contribution in [0.2, 0.25) is 0 Å². The van der Waals surface area contributed by atoms with Crippen molar-refractivity contribution in [2.75, 3.05) is 7.05 Å². The van der Waals surface area contributed by atoms with E-state index in [1.165, 1.54) is 5.56 Å². The third-order valence-electron chi connectivity index (χ3n) is 3.53. The Morgan fingerprint density at radius 1 is 1.25 bits per heavy atom. The first-order chi connectivity index (χ1) is 9.47. The lowest BCUT2D eigenvalue weighted by molar-refractivity contribution is -0.145. The van der Waals surface area contributed by atoms with Gasteiger partial charge in [0, 0.05) is 13.6 Å². The van der Waals surface area contributed by atoms with E-state index in [1.807, 2.05) is 31.2 Å². The van der Waals surface area contributed by atoms with Gasteiger partial charge in [-0.05, 0) is 25.3 Å². The van der Waals surface area contributed by atoms with Gasteiger partial charge in [0.15, 0.2) is 0 Å². The summed E-state index contributed by atoms with van der Waals surface area (Å²) in [4.78, 5) is 24.9. The minimum absolute atomic E-state index is 0.102. The topological polar surface area (TPSA) is 72.6 Å². The Balaban J connectivity index is 1.92. The molecule has 1 aliphatic heterocycles. The van der Waals surface area contributed by atoms with E-state index in [1.54, 1.807) is 11.9 Å². The molecule has 0 saturated carbocycles. The second kappa shape index (κ2) is 6.05. The Labute approximate surface area is 118 Å². The fraction of sp³-hybridized carbons (Fsp3) is 0.467. The molecular formula is C15H20N2O3. The fourth-order valence-corrected chi connectivity index (χ4v) is 2.32. The zero-order valence-electron chi connectivity index (χ0n) is 11.8. The molecule has 20 heavy (non-hydrogen) atoms. The zero-order valence-corrected chi connectivity index (χ0v) is 11.8. The lowest BCUT2D eigenvalue weighted by Crippen LogP contribution is -2.37. The van der Waals surface area contributed by atoms with Gasteiger partial charge in [-0.15, -0.1) is 0 Å². The molecule has 108 valence electrons. The molecule has 2 atom stereocenters. The highest BCUT2D eigenvalue weighted by molar-refractivity contribution is 5.84. The summed E-state index contributed by atoms with van der Waals surface area (Å²) in [6, 6.07) is 8.04. The van der Waals surface area contributed by atoms with Crippen molar-refractivity contribution in [2.24, 2.45) is 5.73 Å². The van der Waals surface area contributed by atoms with Crippen LogP contribution < -0.4 is 5.73 Å². The standard InChI is InChI=1S/C15H20N2O3/c1-10-3-5-11(6-4-10)9-17(2)15(19)13-8-7-12(20-13)14(16)18/h3-6,12-13H,7-9H2,1-2H3,(H2,16,18)/t12-,13+/m1/s1. The maximum absolute atomic E-state index is 12.2. The van der Waals surface area contributed by atoms with Crippen molar-refractivity contribution < 1.29 is 14.3 Å². The summed E-state index contributed by atoms with van der Waals surface area (Å²) in [6.07, 6.45) is -0.117. The molecule has 1 aromatic carbocycles. The van der Waals surface area contributed by atoms with E-state index in [-0.39, 0.29) is 5.91 Å². The first-order valence-corrected chi connectivity index (χ1v) is 6.72. The number of hydrogen-bond donors (Lipinski definition) is 1. The van der Waals surface area contributed by atoms with Crippen molar-refractivity contribution in [3.63, 3.8) is 0 Å². The number of primary amides is 1. The van der Waals surface area contributed by atoms with Crippen LogP contribution >= 0.6 is 0 Å². The van der Waals surface area contributed by atoms with Crippen molar-refractivity contribution in [2.45, 2.75) is 38.5 Å². The number of aryl methyl sites for hydroxylation is 1. The van der Waals surface area contributed by atoms with E-state index in [0.29, 0.717) is 19.4 Å². The Hall–Kier alpha value is -1.88. The number of hydrogen-bond acceptors (Lipinski definition) is 3. The van der Waals surface area contributed by atoms with E-state index in [9.17, 15) is 9.59 Å². The molecule has 0 bridgehead atoms. The Morgan fingerprint density at radius 3 is 2.40 bits per heavy atom. The van der Waals surface area contributed by atoms with Gasteiger partial charge in [0.1, 0.15) is 12.2 Å². The van der Waals surface area contributed by atoms with Crippen molar-refractivity contribution in [1.82, 2.24) is 4.90 Å². The summed E-state index contributed by atoms with van der Waals surface area (Å²) in [6.45, 7) is 2.55. The van der Waals surface area contributed by atoms with E-state index < -0.39 is 18.1 Å². The summed E-state index contributed by atoms with van der Waals surface area (Å²) in [5, 5.41) is 0. The molecule has 1 fully saturated rings. The fourth-order valence-electron chi connectivity index (χ4n) is 2.32. The van der Waals surface area contributed by atoms with E-state index in [2.05, 4.69) is 0 Å². The molecule has 1 saturated heterocycles. The van der Waals surface area contributed by atoms with E-state index >= 15 is 0 Å². The first-order valence-electron chi connectivity index (χ1n) is 6.72. The number of likely N-dealkylation sites (N-methyl/N-ethyl adjacent to an activating group) is 1. The molecule has 0 spiro atoms. The van der Waals surface area contributed by atoms with Gasteiger partial charge in [-0.2, -0.15) is 0 Å². The molecule has 0 aliphatic carbocycles. The average Bonchev–Trinajstić information content (AvgIpc) is 2.90. The number of amides is 2. The van der Waals surface area contributed by atoms with Crippen LogP contribution in [0.15, 0.2) is 24.3 Å². The molecule has 2 rings (SSSR count). The minimum Gasteiger partial charge on any atom is -0.367 e. The Kier molecular flexibility index (Phi) is 4.39. The van der Waals surface area contributed by atoms with Crippen LogP contribution in [0.1, 0.15) is 24.0 Å². The van der Waals surface area contributed by atoms with Crippen LogP contribution in [0, 0.1) is 6.92 Å². The molecule has 1 aliphatic rings. The van der Waals surface area contributed by atoms with Gasteiger partial charge in [-0.3, -0.25) is 9.59 Å². The van der Waals surface area contributed by atoms with Crippen LogP contribution in [0.25, 0.3) is 0 Å². The van der Waals surface area contributed by atoms with Gasteiger partial charge in [0.2, 0.25) is 5.91 Å². The van der Waals surface area contributed by atoms with Crippen LogP contribution in [-0.4, -0.2) is 36.0 Å². The van der Waals surface area contributed by atoms with Crippen molar-refractivity contribution in [3.05, 3.63) is 35.4 Å². The number of ether oxygens (including phenoxy) is 1. The summed E-state index contributed by atoms with van der Waals surface area (Å²) in [7, 11) is 1.74. The van der Waals surface area contributed by atoms with Gasteiger partial charge in [0.05, 0.1) is 0 Å². The summed E-state index contributed by atoms with van der Waals surface area (Å²) >= 11 is 0. The highest BCUT2D eigenvalue weighted by Gasteiger charge is 2.35. The van der Waals surface area contributed by atoms with Gasteiger partial charge < -0.3 is 15.4 Å². The second-order valence-corrected chi connectivity index (χ2v) is 5.27. The van der Waals surface area contributed by atoms with Crippen molar-refractivity contribution >= 4 is 11.8 Å². The molecule has 0 radical (unpaired) electrons. The normalized spacial score (nSPS) is 21.7. The number of benzene rings is 1. The summed E-state index contributed by atoms with van der Waals surface area (Å²) < 4.78 is 5.40. The predicted molar refractivity (Wildman–Crippen MR) is 74.7 cm³/mol. The van der Waals surface area contributed by atoms with Crippen LogP contribution in [-0.2, 0) is 20.9 Å². The minimum atomic E-state index is -0.628. The Bertz CT molecular complexity index is 498. The van der Waals surface area contributed by atoms with Gasteiger partial charge in [-0.1, -0.05) is 29.8 Å². The molecule has 2 amide bonds. The van der Waals surface area contributed by atoms with Gasteiger partial charge in [-0.25, -0.2) is 0 Å². The third kappa shape index (κ3) is 3.36. The monoisotopic (exact) mass is 276 g/mol. The first kappa shape index (κ1) is 14.5. The number of rotatable bonds is 4. The van der Waals surface area contributed by atoms with E-state index in [0.717, 1.165) is 5.56 Å².